The zero-order chi connectivity index (χ0) is 13.6. The van der Waals surface area contributed by atoms with Crippen molar-refractivity contribution in [3.63, 3.8) is 0 Å². The molecule has 0 aromatic heterocycles. The van der Waals surface area contributed by atoms with Crippen molar-refractivity contribution in [2.45, 2.75) is 91.1 Å². The molecule has 1 aliphatic rings. The fourth-order valence-electron chi connectivity index (χ4n) is 3.29. The van der Waals surface area contributed by atoms with Crippen LogP contribution in [0.2, 0.25) is 0 Å². The molecule has 2 heteroatoms. The Labute approximate surface area is 114 Å². The van der Waals surface area contributed by atoms with Gasteiger partial charge in [0.2, 0.25) is 0 Å². The Kier molecular flexibility index (Phi) is 6.13. The number of rotatable bonds is 6. The van der Waals surface area contributed by atoms with E-state index in [0.29, 0.717) is 5.41 Å². The summed E-state index contributed by atoms with van der Waals surface area (Å²) >= 11 is 0. The van der Waals surface area contributed by atoms with Gasteiger partial charge in [-0.1, -0.05) is 39.5 Å². The zero-order valence-electron chi connectivity index (χ0n) is 12.9. The van der Waals surface area contributed by atoms with Gasteiger partial charge in [0.05, 0.1) is 5.60 Å². The topological polar surface area (TPSA) is 35.2 Å². The molecule has 2 N–H and O–H groups in total. The summed E-state index contributed by atoms with van der Waals surface area (Å²) in [6.45, 7) is 9.07. The minimum Gasteiger partial charge on any atom is -0.299 e. The number of hydrogen-bond acceptors (Lipinski definition) is 2. The monoisotopic (exact) mass is 255 g/mol. The highest BCUT2D eigenvalue weighted by molar-refractivity contribution is 4.81. The van der Waals surface area contributed by atoms with Crippen molar-refractivity contribution in [2.24, 2.45) is 17.2 Å². The molecule has 18 heavy (non-hydrogen) atoms. The van der Waals surface area contributed by atoms with Gasteiger partial charge in [-0.05, 0) is 57.3 Å². The molecule has 108 valence electrons. The van der Waals surface area contributed by atoms with Crippen molar-refractivity contribution in [1.82, 2.24) is 0 Å². The minimum absolute atomic E-state index is 0.167. The molecular weight excluding hydrogens is 222 g/mol. The maximum atomic E-state index is 5.32. The van der Waals surface area contributed by atoms with E-state index in [1.165, 1.54) is 51.4 Å². The van der Waals surface area contributed by atoms with Crippen molar-refractivity contribution in [1.29, 1.82) is 0 Å². The van der Waals surface area contributed by atoms with Crippen molar-refractivity contribution >= 4 is 0 Å². The predicted octanol–water partition coefficient (Wildman–Crippen LogP) is 4.82. The van der Waals surface area contributed by atoms with Crippen LogP contribution in [0.3, 0.4) is 0 Å². The second-order valence-corrected chi connectivity index (χ2v) is 7.41. The Morgan fingerprint density at radius 1 is 0.944 bits per heavy atom. The normalized spacial score (nSPS) is 19.8. The van der Waals surface area contributed by atoms with Crippen molar-refractivity contribution < 1.29 is 4.84 Å². The lowest BCUT2D eigenvalue weighted by atomic mass is 9.71. The van der Waals surface area contributed by atoms with Gasteiger partial charge in [-0.15, -0.1) is 0 Å². The van der Waals surface area contributed by atoms with Crippen molar-refractivity contribution in [2.75, 3.05) is 0 Å². The van der Waals surface area contributed by atoms with Gasteiger partial charge in [0, 0.05) is 0 Å². The summed E-state index contributed by atoms with van der Waals surface area (Å²) in [5.74, 6) is 6.24. The van der Waals surface area contributed by atoms with Crippen LogP contribution in [0.1, 0.15) is 85.5 Å². The highest BCUT2D eigenvalue weighted by atomic mass is 16.6. The second kappa shape index (κ2) is 6.91. The number of nitrogens with two attached hydrogens (primary N) is 1. The Bertz CT molecular complexity index is 227. The van der Waals surface area contributed by atoms with Gasteiger partial charge in [-0.25, -0.2) is 5.90 Å². The smallest absolute Gasteiger partial charge is 0.0838 e. The van der Waals surface area contributed by atoms with Crippen LogP contribution in [0.4, 0.5) is 0 Å². The third-order valence-corrected chi connectivity index (χ3v) is 4.88. The summed E-state index contributed by atoms with van der Waals surface area (Å²) in [5.41, 5.74) is 0.314. The maximum absolute atomic E-state index is 5.32. The summed E-state index contributed by atoms with van der Waals surface area (Å²) in [6, 6.07) is 0. The first kappa shape index (κ1) is 16.0. The molecule has 0 unspecified atom stereocenters. The molecule has 0 radical (unpaired) electrons. The first-order valence-corrected chi connectivity index (χ1v) is 7.75. The van der Waals surface area contributed by atoms with E-state index in [1.807, 2.05) is 0 Å². The molecule has 1 fully saturated rings. The summed E-state index contributed by atoms with van der Waals surface area (Å²) < 4.78 is 0. The molecule has 0 saturated heterocycles. The van der Waals surface area contributed by atoms with Gasteiger partial charge in [-0.2, -0.15) is 0 Å². The zero-order valence-corrected chi connectivity index (χ0v) is 12.9. The Hall–Kier alpha value is -0.0800. The third-order valence-electron chi connectivity index (χ3n) is 4.88. The van der Waals surface area contributed by atoms with Crippen LogP contribution in [-0.2, 0) is 4.84 Å². The van der Waals surface area contributed by atoms with E-state index >= 15 is 0 Å². The fourth-order valence-corrected chi connectivity index (χ4v) is 3.29. The van der Waals surface area contributed by atoms with Gasteiger partial charge < -0.3 is 0 Å². The molecule has 0 amide bonds. The second-order valence-electron chi connectivity index (χ2n) is 7.41. The lowest BCUT2D eigenvalue weighted by Gasteiger charge is -2.35. The average Bonchev–Trinajstić information content (AvgIpc) is 2.57. The SMILES string of the molecule is CC(C)(CCCC(C)(C)C1CCCCCC1)ON. The van der Waals surface area contributed by atoms with E-state index in [9.17, 15) is 0 Å². The van der Waals surface area contributed by atoms with Gasteiger partial charge in [0.1, 0.15) is 0 Å². The van der Waals surface area contributed by atoms with Crippen LogP contribution >= 0.6 is 0 Å². The van der Waals surface area contributed by atoms with Gasteiger partial charge in [0.25, 0.3) is 0 Å². The molecule has 0 aromatic carbocycles. The molecule has 0 atom stereocenters. The molecular formula is C16H33NO. The van der Waals surface area contributed by atoms with E-state index in [0.717, 1.165) is 12.3 Å². The Morgan fingerprint density at radius 2 is 1.50 bits per heavy atom. The summed E-state index contributed by atoms with van der Waals surface area (Å²) in [6.07, 6.45) is 12.2. The van der Waals surface area contributed by atoms with Crippen molar-refractivity contribution in [3.8, 4) is 0 Å². The highest BCUT2D eigenvalue weighted by Crippen LogP contribution is 2.41. The van der Waals surface area contributed by atoms with E-state index in [2.05, 4.69) is 27.7 Å². The molecule has 0 aromatic rings. The van der Waals surface area contributed by atoms with E-state index < -0.39 is 0 Å². The first-order chi connectivity index (χ1) is 8.37. The molecule has 0 heterocycles. The van der Waals surface area contributed by atoms with Gasteiger partial charge in [0.15, 0.2) is 0 Å². The standard InChI is InChI=1S/C16H33NO/c1-15(2,12-9-13-16(3,4)18-17)14-10-7-5-6-8-11-14/h14H,5-13,17H2,1-4H3. The largest absolute Gasteiger partial charge is 0.299 e. The summed E-state index contributed by atoms with van der Waals surface area (Å²) in [4.78, 5) is 5.02. The van der Waals surface area contributed by atoms with Crippen LogP contribution in [-0.4, -0.2) is 5.60 Å². The average molecular weight is 255 g/mol. The van der Waals surface area contributed by atoms with Gasteiger partial charge >= 0.3 is 0 Å². The van der Waals surface area contributed by atoms with E-state index in [-0.39, 0.29) is 5.60 Å². The molecule has 2 nitrogen and oxygen atoms in total. The molecule has 0 bridgehead atoms. The highest BCUT2D eigenvalue weighted by Gasteiger charge is 2.30. The number of hydrogen-bond donors (Lipinski definition) is 1. The van der Waals surface area contributed by atoms with Crippen molar-refractivity contribution in [3.05, 3.63) is 0 Å². The van der Waals surface area contributed by atoms with E-state index in [4.69, 9.17) is 10.7 Å². The summed E-state index contributed by atoms with van der Waals surface area (Å²) in [5, 5.41) is 0. The minimum atomic E-state index is -0.167. The van der Waals surface area contributed by atoms with Crippen LogP contribution < -0.4 is 5.90 Å². The Morgan fingerprint density at radius 3 is 2.00 bits per heavy atom. The fraction of sp³-hybridized carbons (Fsp3) is 1.00. The van der Waals surface area contributed by atoms with E-state index in [1.54, 1.807) is 0 Å². The molecule has 0 spiro atoms. The molecule has 1 saturated carbocycles. The predicted molar refractivity (Wildman–Crippen MR) is 78.2 cm³/mol. The third kappa shape index (κ3) is 5.27. The maximum Gasteiger partial charge on any atom is 0.0838 e. The summed E-state index contributed by atoms with van der Waals surface area (Å²) in [7, 11) is 0. The van der Waals surface area contributed by atoms with Crippen LogP contribution in [0.25, 0.3) is 0 Å². The van der Waals surface area contributed by atoms with Crippen LogP contribution in [0.5, 0.6) is 0 Å². The van der Waals surface area contributed by atoms with Crippen LogP contribution in [0, 0.1) is 11.3 Å². The Balaban J connectivity index is 2.38. The first-order valence-electron chi connectivity index (χ1n) is 7.75. The lowest BCUT2D eigenvalue weighted by Crippen LogP contribution is -2.29. The molecule has 1 rings (SSSR count). The van der Waals surface area contributed by atoms with Crippen LogP contribution in [0.15, 0.2) is 0 Å². The molecule has 1 aliphatic carbocycles. The quantitative estimate of drug-likeness (QED) is 0.545. The lowest BCUT2D eigenvalue weighted by molar-refractivity contribution is -0.0292. The van der Waals surface area contributed by atoms with Gasteiger partial charge in [-0.3, -0.25) is 4.84 Å². The molecule has 0 aliphatic heterocycles.